The Kier molecular flexibility index (Phi) is 4.77. The minimum Gasteiger partial charge on any atom is -0.384 e. The molecule has 28 heavy (non-hydrogen) atoms. The van der Waals surface area contributed by atoms with Crippen molar-refractivity contribution in [2.75, 3.05) is 5.73 Å². The molecule has 0 aliphatic rings. The molecule has 0 saturated heterocycles. The number of benzene rings is 1. The third kappa shape index (κ3) is 3.71. The molecular weight excluding hydrogens is 376 g/mol. The molecule has 0 unspecified atom stereocenters. The van der Waals surface area contributed by atoms with Crippen LogP contribution in [0.1, 0.15) is 21.2 Å². The number of carbonyl (C=O) groups excluding carboxylic acids is 1. The zero-order chi connectivity index (χ0) is 19.5. The second kappa shape index (κ2) is 7.53. The van der Waals surface area contributed by atoms with Crippen molar-refractivity contribution in [3.8, 4) is 16.3 Å². The highest BCUT2D eigenvalue weighted by Gasteiger charge is 2.14. The molecular formula is C18H16N8OS. The predicted octanol–water partition coefficient (Wildman–Crippen LogP) is 2.00. The fourth-order valence-electron chi connectivity index (χ4n) is 2.57. The van der Waals surface area contributed by atoms with E-state index in [2.05, 4.69) is 30.8 Å². The number of aromatic nitrogens is 6. The van der Waals surface area contributed by atoms with Crippen molar-refractivity contribution in [2.45, 2.75) is 13.5 Å². The van der Waals surface area contributed by atoms with Crippen LogP contribution in [0.25, 0.3) is 16.3 Å². The highest BCUT2D eigenvalue weighted by molar-refractivity contribution is 7.14. The van der Waals surface area contributed by atoms with Gasteiger partial charge in [-0.2, -0.15) is 0 Å². The van der Waals surface area contributed by atoms with Gasteiger partial charge < -0.3 is 11.1 Å². The molecule has 4 rings (SSSR count). The van der Waals surface area contributed by atoms with Crippen molar-refractivity contribution in [2.24, 2.45) is 0 Å². The van der Waals surface area contributed by atoms with Crippen molar-refractivity contribution in [1.82, 2.24) is 35.5 Å². The number of nitrogens with zero attached hydrogens (tertiary/aromatic N) is 6. The molecule has 3 heterocycles. The molecule has 3 N–H and O–H groups in total. The lowest BCUT2D eigenvalue weighted by molar-refractivity contribution is 0.0945. The molecule has 4 aromatic rings. The van der Waals surface area contributed by atoms with Crippen LogP contribution < -0.4 is 11.1 Å². The fourth-order valence-corrected chi connectivity index (χ4v) is 3.35. The van der Waals surface area contributed by atoms with E-state index < -0.39 is 0 Å². The van der Waals surface area contributed by atoms with E-state index in [1.54, 1.807) is 18.3 Å². The highest BCUT2D eigenvalue weighted by Crippen LogP contribution is 2.22. The second-order valence-corrected chi connectivity index (χ2v) is 7.00. The Morgan fingerprint density at radius 3 is 2.75 bits per heavy atom. The largest absolute Gasteiger partial charge is 0.384 e. The van der Waals surface area contributed by atoms with Crippen LogP contribution in [0.4, 0.5) is 5.82 Å². The number of amides is 1. The van der Waals surface area contributed by atoms with Crippen LogP contribution in [-0.4, -0.2) is 36.1 Å². The van der Waals surface area contributed by atoms with Crippen LogP contribution in [0.15, 0.2) is 48.7 Å². The maximum Gasteiger partial charge on any atom is 0.273 e. The lowest BCUT2D eigenvalue weighted by Gasteiger charge is -2.04. The molecule has 0 radical (unpaired) electrons. The van der Waals surface area contributed by atoms with E-state index >= 15 is 0 Å². The smallest absolute Gasteiger partial charge is 0.273 e. The molecule has 140 valence electrons. The van der Waals surface area contributed by atoms with Gasteiger partial charge >= 0.3 is 0 Å². The van der Waals surface area contributed by atoms with Crippen molar-refractivity contribution in [3.05, 3.63) is 65.1 Å². The van der Waals surface area contributed by atoms with E-state index in [-0.39, 0.29) is 18.1 Å². The number of carbonyl (C=O) groups is 1. The molecule has 3 aromatic heterocycles. The monoisotopic (exact) mass is 392 g/mol. The molecule has 0 aliphatic carbocycles. The maximum atomic E-state index is 12.4. The molecule has 0 fully saturated rings. The summed E-state index contributed by atoms with van der Waals surface area (Å²) in [6.07, 6.45) is 1.55. The van der Waals surface area contributed by atoms with Crippen LogP contribution in [0.3, 0.4) is 0 Å². The van der Waals surface area contributed by atoms with Gasteiger partial charge in [-0.25, -0.2) is 9.67 Å². The third-order valence-corrected chi connectivity index (χ3v) is 4.91. The first kappa shape index (κ1) is 17.7. The number of pyridine rings is 1. The summed E-state index contributed by atoms with van der Waals surface area (Å²) in [5.74, 6) is 0.0787. The number of nitrogens with two attached hydrogens (primary N) is 1. The zero-order valence-corrected chi connectivity index (χ0v) is 15.7. The summed E-state index contributed by atoms with van der Waals surface area (Å²) < 4.78 is 1.50. The highest BCUT2D eigenvalue weighted by atomic mass is 32.1. The van der Waals surface area contributed by atoms with E-state index in [0.29, 0.717) is 22.2 Å². The Hall–Kier alpha value is -3.66. The van der Waals surface area contributed by atoms with Crippen LogP contribution in [0.5, 0.6) is 0 Å². The van der Waals surface area contributed by atoms with E-state index in [1.165, 1.54) is 16.0 Å². The SMILES string of the molecule is Cc1nc(N)ccc1-n1cc(C(=O)NCc2nnc(-c3ccccc3)s2)nn1. The van der Waals surface area contributed by atoms with Gasteiger partial charge in [0.05, 0.1) is 24.1 Å². The molecule has 1 amide bonds. The van der Waals surface area contributed by atoms with Gasteiger partial charge in [0.25, 0.3) is 5.91 Å². The average molecular weight is 392 g/mol. The first-order chi connectivity index (χ1) is 13.6. The summed E-state index contributed by atoms with van der Waals surface area (Å²) in [7, 11) is 0. The summed E-state index contributed by atoms with van der Waals surface area (Å²) >= 11 is 1.43. The van der Waals surface area contributed by atoms with Crippen LogP contribution >= 0.6 is 11.3 Å². The van der Waals surface area contributed by atoms with Gasteiger partial charge in [0.15, 0.2) is 5.69 Å². The van der Waals surface area contributed by atoms with E-state index in [1.807, 2.05) is 37.3 Å². The summed E-state index contributed by atoms with van der Waals surface area (Å²) in [6.45, 7) is 2.07. The normalized spacial score (nSPS) is 10.8. The van der Waals surface area contributed by atoms with Gasteiger partial charge in [0, 0.05) is 5.56 Å². The molecule has 1 aromatic carbocycles. The summed E-state index contributed by atoms with van der Waals surface area (Å²) in [4.78, 5) is 16.6. The number of nitrogen functional groups attached to an aromatic ring is 1. The molecule has 0 bridgehead atoms. The molecule has 0 atom stereocenters. The third-order valence-electron chi connectivity index (χ3n) is 3.94. The van der Waals surface area contributed by atoms with Gasteiger partial charge in [-0.15, -0.1) is 15.3 Å². The quantitative estimate of drug-likeness (QED) is 0.532. The summed E-state index contributed by atoms with van der Waals surface area (Å²) in [6, 6.07) is 13.2. The van der Waals surface area contributed by atoms with Gasteiger partial charge in [-0.3, -0.25) is 4.79 Å². The Balaban J connectivity index is 1.42. The maximum absolute atomic E-state index is 12.4. The van der Waals surface area contributed by atoms with E-state index in [0.717, 1.165) is 10.6 Å². The van der Waals surface area contributed by atoms with Crippen molar-refractivity contribution in [3.63, 3.8) is 0 Å². The van der Waals surface area contributed by atoms with E-state index in [4.69, 9.17) is 5.73 Å². The van der Waals surface area contributed by atoms with Crippen LogP contribution in [0.2, 0.25) is 0 Å². The Labute approximate surface area is 164 Å². The number of hydrogen-bond acceptors (Lipinski definition) is 8. The van der Waals surface area contributed by atoms with Gasteiger partial charge in [-0.05, 0) is 19.1 Å². The lowest BCUT2D eigenvalue weighted by atomic mass is 10.2. The molecule has 0 saturated carbocycles. The molecule has 0 aliphatic heterocycles. The summed E-state index contributed by atoms with van der Waals surface area (Å²) in [5.41, 5.74) is 8.25. The second-order valence-electron chi connectivity index (χ2n) is 5.94. The Bertz CT molecular complexity index is 1120. The predicted molar refractivity (Wildman–Crippen MR) is 105 cm³/mol. The number of aryl methyl sites for hydroxylation is 1. The molecule has 10 heteroatoms. The summed E-state index contributed by atoms with van der Waals surface area (Å²) in [5, 5.41) is 20.5. The zero-order valence-electron chi connectivity index (χ0n) is 14.9. The van der Waals surface area contributed by atoms with Gasteiger partial charge in [-0.1, -0.05) is 46.9 Å². The number of hydrogen-bond donors (Lipinski definition) is 2. The van der Waals surface area contributed by atoms with Gasteiger partial charge in [0.1, 0.15) is 15.8 Å². The Morgan fingerprint density at radius 2 is 1.96 bits per heavy atom. The number of anilines is 1. The fraction of sp³-hybridized carbons (Fsp3) is 0.111. The number of nitrogens with one attached hydrogen (secondary N) is 1. The van der Waals surface area contributed by atoms with E-state index in [9.17, 15) is 4.79 Å². The van der Waals surface area contributed by atoms with Crippen molar-refractivity contribution in [1.29, 1.82) is 0 Å². The van der Waals surface area contributed by atoms with Crippen LogP contribution in [0, 0.1) is 6.92 Å². The minimum atomic E-state index is -0.344. The first-order valence-electron chi connectivity index (χ1n) is 8.42. The lowest BCUT2D eigenvalue weighted by Crippen LogP contribution is -2.23. The van der Waals surface area contributed by atoms with Crippen LogP contribution in [-0.2, 0) is 6.54 Å². The van der Waals surface area contributed by atoms with Crippen molar-refractivity contribution < 1.29 is 4.79 Å². The standard InChI is InChI=1S/C18H16N8OS/c1-11-14(7-8-15(19)21-11)26-10-13(22-25-26)17(27)20-9-16-23-24-18(28-16)12-5-3-2-4-6-12/h2-8,10H,9H2,1H3,(H2,19,21)(H,20,27). The Morgan fingerprint density at radius 1 is 1.14 bits per heavy atom. The minimum absolute atomic E-state index is 0.198. The number of rotatable bonds is 5. The van der Waals surface area contributed by atoms with Crippen molar-refractivity contribution >= 4 is 23.1 Å². The molecule has 0 spiro atoms. The topological polar surface area (TPSA) is 124 Å². The average Bonchev–Trinajstić information content (AvgIpc) is 3.37. The van der Waals surface area contributed by atoms with Gasteiger partial charge in [0.2, 0.25) is 0 Å². The first-order valence-corrected chi connectivity index (χ1v) is 9.23. The molecule has 9 nitrogen and oxygen atoms in total.